The van der Waals surface area contributed by atoms with Crippen LogP contribution in [0.2, 0.25) is 5.02 Å². The minimum atomic E-state index is -2.25. The van der Waals surface area contributed by atoms with Crippen molar-refractivity contribution >= 4 is 29.1 Å². The van der Waals surface area contributed by atoms with E-state index in [1.807, 2.05) is 6.07 Å². The van der Waals surface area contributed by atoms with Crippen LogP contribution in [0.3, 0.4) is 0 Å². The Morgan fingerprint density at radius 2 is 2.11 bits per heavy atom. The Kier molecular flexibility index (Phi) is 5.13. The normalized spacial score (nSPS) is 19.0. The quantitative estimate of drug-likeness (QED) is 0.786. The second kappa shape index (κ2) is 7.35. The van der Waals surface area contributed by atoms with Crippen molar-refractivity contribution in [2.24, 2.45) is 0 Å². The van der Waals surface area contributed by atoms with E-state index in [1.165, 1.54) is 17.0 Å². The minimum Gasteiger partial charge on any atom is -0.372 e. The summed E-state index contributed by atoms with van der Waals surface area (Å²) in [7, 11) is 0. The van der Waals surface area contributed by atoms with Crippen molar-refractivity contribution in [2.45, 2.75) is 18.6 Å². The van der Waals surface area contributed by atoms with E-state index in [1.54, 1.807) is 24.3 Å². The lowest BCUT2D eigenvalue weighted by Crippen LogP contribution is -2.52. The zero-order chi connectivity index (χ0) is 19.6. The van der Waals surface area contributed by atoms with Gasteiger partial charge in [-0.2, -0.15) is 5.26 Å². The van der Waals surface area contributed by atoms with E-state index >= 15 is 0 Å². The van der Waals surface area contributed by atoms with Crippen molar-refractivity contribution in [3.63, 3.8) is 0 Å². The summed E-state index contributed by atoms with van der Waals surface area (Å²) in [6.07, 6.45) is -0.124. The molecule has 2 aromatic carbocycles. The SMILES string of the molecule is N#Cc1ccccc1N1CCC(O)(C(=O)NCc2cc(F)cc(Cl)c2)C1=O. The summed E-state index contributed by atoms with van der Waals surface area (Å²) in [4.78, 5) is 26.4. The molecule has 1 aliphatic heterocycles. The van der Waals surface area contributed by atoms with Crippen LogP contribution < -0.4 is 10.2 Å². The fourth-order valence-electron chi connectivity index (χ4n) is 2.99. The molecule has 0 radical (unpaired) electrons. The van der Waals surface area contributed by atoms with Crippen LogP contribution in [-0.4, -0.2) is 29.1 Å². The third-order valence-electron chi connectivity index (χ3n) is 4.36. The first-order chi connectivity index (χ1) is 12.8. The van der Waals surface area contributed by atoms with Crippen molar-refractivity contribution in [3.05, 3.63) is 64.4 Å². The monoisotopic (exact) mass is 387 g/mol. The second-order valence-corrected chi connectivity index (χ2v) is 6.59. The van der Waals surface area contributed by atoms with Crippen LogP contribution in [0.1, 0.15) is 17.5 Å². The average molecular weight is 388 g/mol. The topological polar surface area (TPSA) is 93.4 Å². The third-order valence-corrected chi connectivity index (χ3v) is 4.58. The number of nitrogens with one attached hydrogen (secondary N) is 1. The number of anilines is 1. The molecule has 0 saturated carbocycles. The predicted molar refractivity (Wildman–Crippen MR) is 96.3 cm³/mol. The molecule has 1 atom stereocenters. The molecule has 1 heterocycles. The molecule has 2 N–H and O–H groups in total. The fourth-order valence-corrected chi connectivity index (χ4v) is 3.24. The molecule has 0 aromatic heterocycles. The molecule has 1 aliphatic rings. The van der Waals surface area contributed by atoms with Crippen LogP contribution in [0.25, 0.3) is 0 Å². The van der Waals surface area contributed by atoms with Crippen LogP contribution in [0.5, 0.6) is 0 Å². The number of nitrogens with zero attached hydrogens (tertiary/aromatic N) is 2. The summed E-state index contributed by atoms with van der Waals surface area (Å²) in [5, 5.41) is 22.4. The van der Waals surface area contributed by atoms with Crippen molar-refractivity contribution in [1.29, 1.82) is 5.26 Å². The Morgan fingerprint density at radius 3 is 2.81 bits per heavy atom. The van der Waals surface area contributed by atoms with Gasteiger partial charge in [-0.3, -0.25) is 9.59 Å². The molecule has 3 rings (SSSR count). The van der Waals surface area contributed by atoms with Gasteiger partial charge in [0.15, 0.2) is 0 Å². The Hall–Kier alpha value is -2.95. The molecular weight excluding hydrogens is 373 g/mol. The highest BCUT2D eigenvalue weighted by atomic mass is 35.5. The smallest absolute Gasteiger partial charge is 0.268 e. The first-order valence-corrected chi connectivity index (χ1v) is 8.49. The van der Waals surface area contributed by atoms with Gasteiger partial charge in [0.25, 0.3) is 11.8 Å². The van der Waals surface area contributed by atoms with Crippen molar-refractivity contribution in [3.8, 4) is 6.07 Å². The maximum Gasteiger partial charge on any atom is 0.268 e. The number of hydrogen-bond acceptors (Lipinski definition) is 4. The molecule has 0 aliphatic carbocycles. The van der Waals surface area contributed by atoms with Gasteiger partial charge in [0.05, 0.1) is 11.3 Å². The molecule has 6 nitrogen and oxygen atoms in total. The molecular formula is C19H15ClFN3O3. The number of carbonyl (C=O) groups is 2. The van der Waals surface area contributed by atoms with Crippen LogP contribution in [0.4, 0.5) is 10.1 Å². The van der Waals surface area contributed by atoms with E-state index in [0.29, 0.717) is 11.3 Å². The molecule has 0 bridgehead atoms. The molecule has 1 fully saturated rings. The summed E-state index contributed by atoms with van der Waals surface area (Å²) in [5.74, 6) is -2.24. The van der Waals surface area contributed by atoms with Crippen molar-refractivity contribution < 1.29 is 19.1 Å². The van der Waals surface area contributed by atoms with Crippen LogP contribution >= 0.6 is 11.6 Å². The third kappa shape index (κ3) is 3.63. The van der Waals surface area contributed by atoms with Gasteiger partial charge < -0.3 is 15.3 Å². The van der Waals surface area contributed by atoms with Gasteiger partial charge in [0.1, 0.15) is 11.9 Å². The number of amides is 2. The Morgan fingerprint density at radius 1 is 1.37 bits per heavy atom. The zero-order valence-corrected chi connectivity index (χ0v) is 14.8. The number of para-hydroxylation sites is 1. The molecule has 8 heteroatoms. The number of halogens is 2. The van der Waals surface area contributed by atoms with Crippen molar-refractivity contribution in [2.75, 3.05) is 11.4 Å². The molecule has 2 amide bonds. The van der Waals surface area contributed by atoms with Gasteiger partial charge in [-0.05, 0) is 35.9 Å². The maximum absolute atomic E-state index is 13.4. The van der Waals surface area contributed by atoms with E-state index in [9.17, 15) is 24.3 Å². The largest absolute Gasteiger partial charge is 0.372 e. The molecule has 27 heavy (non-hydrogen) atoms. The number of carbonyl (C=O) groups excluding carboxylic acids is 2. The average Bonchev–Trinajstić information content (AvgIpc) is 2.95. The number of nitriles is 1. The highest BCUT2D eigenvalue weighted by Crippen LogP contribution is 2.30. The van der Waals surface area contributed by atoms with Gasteiger partial charge >= 0.3 is 0 Å². The van der Waals surface area contributed by atoms with E-state index in [2.05, 4.69) is 5.32 Å². The molecule has 0 spiro atoms. The Bertz CT molecular complexity index is 939. The first-order valence-electron chi connectivity index (χ1n) is 8.12. The summed E-state index contributed by atoms with van der Waals surface area (Å²) < 4.78 is 13.4. The van der Waals surface area contributed by atoms with E-state index in [0.717, 1.165) is 6.07 Å². The number of benzene rings is 2. The first kappa shape index (κ1) is 18.8. The number of rotatable bonds is 4. The molecule has 2 aromatic rings. The lowest BCUT2D eigenvalue weighted by molar-refractivity contribution is -0.149. The predicted octanol–water partition coefficient (Wildman–Crippen LogP) is 2.13. The van der Waals surface area contributed by atoms with Crippen LogP contribution in [0.15, 0.2) is 42.5 Å². The number of aliphatic hydroxyl groups is 1. The van der Waals surface area contributed by atoms with E-state index < -0.39 is 23.2 Å². The summed E-state index contributed by atoms with van der Waals surface area (Å²) in [6.45, 7) is -0.00603. The standard InChI is InChI=1S/C19H15ClFN3O3/c20-14-7-12(8-15(21)9-14)11-23-17(25)19(27)5-6-24(18(19)26)16-4-2-1-3-13(16)10-22/h1-4,7-9,27H,5-6,11H2,(H,23,25). The lowest BCUT2D eigenvalue weighted by atomic mass is 10.0. The van der Waals surface area contributed by atoms with Crippen LogP contribution in [-0.2, 0) is 16.1 Å². The molecule has 1 saturated heterocycles. The molecule has 138 valence electrons. The summed E-state index contributed by atoms with van der Waals surface area (Å²) in [6, 6.07) is 12.2. The summed E-state index contributed by atoms with van der Waals surface area (Å²) >= 11 is 5.77. The fraction of sp³-hybridized carbons (Fsp3) is 0.211. The van der Waals surface area contributed by atoms with Gasteiger partial charge in [0.2, 0.25) is 5.60 Å². The molecule has 1 unspecified atom stereocenters. The Balaban J connectivity index is 1.75. The highest BCUT2D eigenvalue weighted by Gasteiger charge is 2.52. The van der Waals surface area contributed by atoms with E-state index in [4.69, 9.17) is 11.6 Å². The van der Waals surface area contributed by atoms with Gasteiger partial charge in [0, 0.05) is 24.5 Å². The highest BCUT2D eigenvalue weighted by molar-refractivity contribution is 6.30. The van der Waals surface area contributed by atoms with Gasteiger partial charge in [-0.25, -0.2) is 4.39 Å². The van der Waals surface area contributed by atoms with E-state index in [-0.39, 0.29) is 30.1 Å². The lowest BCUT2D eigenvalue weighted by Gasteiger charge is -2.22. The van der Waals surface area contributed by atoms with Crippen LogP contribution in [0, 0.1) is 17.1 Å². The van der Waals surface area contributed by atoms with Crippen molar-refractivity contribution in [1.82, 2.24) is 5.32 Å². The Labute approximate surface area is 159 Å². The zero-order valence-electron chi connectivity index (χ0n) is 14.1. The maximum atomic E-state index is 13.4. The number of hydrogen-bond donors (Lipinski definition) is 2. The summed E-state index contributed by atoms with van der Waals surface area (Å²) in [5.41, 5.74) is -1.25. The van der Waals surface area contributed by atoms with Gasteiger partial charge in [-0.15, -0.1) is 0 Å². The van der Waals surface area contributed by atoms with Gasteiger partial charge in [-0.1, -0.05) is 23.7 Å². The second-order valence-electron chi connectivity index (χ2n) is 6.16. The minimum absolute atomic E-state index is 0.0905.